The minimum atomic E-state index is -0.527. The predicted molar refractivity (Wildman–Crippen MR) is 77.5 cm³/mol. The highest BCUT2D eigenvalue weighted by Crippen LogP contribution is 2.25. The number of amides is 1. The lowest BCUT2D eigenvalue weighted by Crippen LogP contribution is -2.10. The van der Waals surface area contributed by atoms with Gasteiger partial charge >= 0.3 is 0 Å². The number of nitrogens with one attached hydrogen (secondary N) is 2. The molecule has 7 nitrogen and oxygen atoms in total. The van der Waals surface area contributed by atoms with E-state index < -0.39 is 5.91 Å². The van der Waals surface area contributed by atoms with Gasteiger partial charge in [-0.3, -0.25) is 9.89 Å². The smallest absolute Gasteiger partial charge is 0.250 e. The van der Waals surface area contributed by atoms with Crippen molar-refractivity contribution in [2.75, 3.05) is 0 Å². The van der Waals surface area contributed by atoms with Crippen molar-refractivity contribution in [1.82, 2.24) is 25.1 Å². The highest BCUT2D eigenvalue weighted by molar-refractivity contribution is 5.99. The van der Waals surface area contributed by atoms with Gasteiger partial charge in [-0.25, -0.2) is 9.97 Å². The Morgan fingerprint density at radius 3 is 2.90 bits per heavy atom. The Morgan fingerprint density at radius 1 is 1.24 bits per heavy atom. The summed E-state index contributed by atoms with van der Waals surface area (Å²) < 4.78 is 0. The summed E-state index contributed by atoms with van der Waals surface area (Å²) in [7, 11) is 0. The summed E-state index contributed by atoms with van der Waals surface area (Å²) in [6, 6.07) is 9.38. The second kappa shape index (κ2) is 4.14. The van der Waals surface area contributed by atoms with Crippen LogP contribution in [0, 0.1) is 0 Å². The number of pyridine rings is 1. The van der Waals surface area contributed by atoms with Gasteiger partial charge in [0.25, 0.3) is 0 Å². The minimum absolute atomic E-state index is 0.335. The first-order valence-electron chi connectivity index (χ1n) is 6.31. The fraction of sp³-hybridized carbons (Fsp3) is 0. The van der Waals surface area contributed by atoms with Crippen LogP contribution >= 0.6 is 0 Å². The number of nitrogens with two attached hydrogens (primary N) is 1. The molecule has 4 aromatic rings. The first-order valence-corrected chi connectivity index (χ1v) is 6.31. The number of aromatic amines is 2. The Labute approximate surface area is 118 Å². The molecule has 1 amide bonds. The third kappa shape index (κ3) is 1.75. The van der Waals surface area contributed by atoms with Gasteiger partial charge in [0, 0.05) is 6.20 Å². The molecular weight excluding hydrogens is 268 g/mol. The van der Waals surface area contributed by atoms with Crippen LogP contribution in [0.4, 0.5) is 0 Å². The molecule has 0 bridgehead atoms. The summed E-state index contributed by atoms with van der Waals surface area (Å²) in [5.74, 6) is 0.114. The van der Waals surface area contributed by atoms with E-state index in [0.29, 0.717) is 28.1 Å². The Hall–Kier alpha value is -3.22. The van der Waals surface area contributed by atoms with Crippen molar-refractivity contribution in [1.29, 1.82) is 0 Å². The Balaban J connectivity index is 1.96. The third-order valence-corrected chi connectivity index (χ3v) is 3.32. The number of hydrogen-bond acceptors (Lipinski definition) is 4. The molecule has 1 aromatic carbocycles. The third-order valence-electron chi connectivity index (χ3n) is 3.32. The lowest BCUT2D eigenvalue weighted by molar-refractivity contribution is 0.1000. The molecular formula is C14H10N6O. The zero-order valence-electron chi connectivity index (χ0n) is 10.8. The number of imidazole rings is 1. The number of carbonyl (C=O) groups is 1. The predicted octanol–water partition coefficient (Wildman–Crippen LogP) is 1.60. The van der Waals surface area contributed by atoms with Crippen LogP contribution in [0.2, 0.25) is 0 Å². The molecule has 0 atom stereocenters. The maximum atomic E-state index is 11.3. The molecule has 102 valence electrons. The molecule has 0 aliphatic heterocycles. The van der Waals surface area contributed by atoms with Gasteiger partial charge in [-0.2, -0.15) is 5.10 Å². The largest absolute Gasteiger partial charge is 0.366 e. The maximum Gasteiger partial charge on any atom is 0.250 e. The first kappa shape index (κ1) is 11.6. The van der Waals surface area contributed by atoms with Crippen LogP contribution in [0.5, 0.6) is 0 Å². The van der Waals surface area contributed by atoms with E-state index >= 15 is 0 Å². The van der Waals surface area contributed by atoms with E-state index in [4.69, 9.17) is 5.73 Å². The zero-order valence-corrected chi connectivity index (χ0v) is 10.8. The fourth-order valence-corrected chi connectivity index (χ4v) is 2.29. The number of aromatic nitrogens is 5. The molecule has 0 saturated carbocycles. The average Bonchev–Trinajstić information content (AvgIpc) is 3.09. The lowest BCUT2D eigenvalue weighted by Gasteiger charge is -1.96. The van der Waals surface area contributed by atoms with Crippen molar-refractivity contribution in [3.05, 3.63) is 42.1 Å². The number of fused-ring (bicyclic) bond motifs is 2. The molecule has 7 heteroatoms. The number of carbonyl (C=O) groups excluding carboxylic acids is 1. The molecule has 21 heavy (non-hydrogen) atoms. The van der Waals surface area contributed by atoms with Crippen molar-refractivity contribution in [3.8, 4) is 11.5 Å². The lowest BCUT2D eigenvalue weighted by atomic mass is 10.2. The van der Waals surface area contributed by atoms with E-state index in [2.05, 4.69) is 25.1 Å². The molecule has 0 fully saturated rings. The summed E-state index contributed by atoms with van der Waals surface area (Å²) in [6.07, 6.45) is 1.41. The van der Waals surface area contributed by atoms with Gasteiger partial charge in [0.2, 0.25) is 5.91 Å². The minimum Gasteiger partial charge on any atom is -0.366 e. The summed E-state index contributed by atoms with van der Waals surface area (Å²) >= 11 is 0. The van der Waals surface area contributed by atoms with E-state index in [1.807, 2.05) is 24.3 Å². The van der Waals surface area contributed by atoms with Gasteiger partial charge in [0.15, 0.2) is 11.5 Å². The fourth-order valence-electron chi connectivity index (χ4n) is 2.29. The molecule has 0 aliphatic rings. The number of rotatable bonds is 2. The van der Waals surface area contributed by atoms with Crippen molar-refractivity contribution in [3.63, 3.8) is 0 Å². The molecule has 4 N–H and O–H groups in total. The zero-order chi connectivity index (χ0) is 14.4. The molecule has 0 saturated heterocycles. The summed E-state index contributed by atoms with van der Waals surface area (Å²) in [5.41, 5.74) is 8.59. The number of hydrogen-bond donors (Lipinski definition) is 3. The summed E-state index contributed by atoms with van der Waals surface area (Å²) in [5, 5.41) is 7.72. The molecule has 4 rings (SSSR count). The van der Waals surface area contributed by atoms with E-state index in [1.54, 1.807) is 6.07 Å². The van der Waals surface area contributed by atoms with Gasteiger partial charge in [-0.05, 0) is 18.2 Å². The number of benzene rings is 1. The monoisotopic (exact) mass is 278 g/mol. The number of para-hydroxylation sites is 2. The van der Waals surface area contributed by atoms with Crippen LogP contribution in [0.25, 0.3) is 33.6 Å². The van der Waals surface area contributed by atoms with Crippen LogP contribution in [-0.4, -0.2) is 31.1 Å². The second-order valence-electron chi connectivity index (χ2n) is 4.66. The van der Waals surface area contributed by atoms with Crippen LogP contribution in [0.15, 0.2) is 36.5 Å². The molecule has 0 aliphatic carbocycles. The highest BCUT2D eigenvalue weighted by atomic mass is 16.1. The average molecular weight is 278 g/mol. The Bertz CT molecular complexity index is 950. The Morgan fingerprint density at radius 2 is 2.10 bits per heavy atom. The van der Waals surface area contributed by atoms with Gasteiger partial charge in [-0.1, -0.05) is 12.1 Å². The van der Waals surface area contributed by atoms with Gasteiger partial charge in [-0.15, -0.1) is 0 Å². The van der Waals surface area contributed by atoms with E-state index in [9.17, 15) is 4.79 Å². The normalized spacial score (nSPS) is 11.2. The van der Waals surface area contributed by atoms with Crippen molar-refractivity contribution in [2.45, 2.75) is 0 Å². The van der Waals surface area contributed by atoms with Crippen molar-refractivity contribution < 1.29 is 4.79 Å². The molecule has 3 aromatic heterocycles. The topological polar surface area (TPSA) is 113 Å². The molecule has 0 spiro atoms. The van der Waals surface area contributed by atoms with Crippen LogP contribution < -0.4 is 5.73 Å². The molecule has 3 heterocycles. The SMILES string of the molecule is NC(=O)c1cnc2n[nH]c(-c3nc4ccccc4[nH]3)c2c1. The number of nitrogens with zero attached hydrogens (tertiary/aromatic N) is 3. The highest BCUT2D eigenvalue weighted by Gasteiger charge is 2.14. The first-order chi connectivity index (χ1) is 10.2. The van der Waals surface area contributed by atoms with E-state index in [1.165, 1.54) is 6.20 Å². The van der Waals surface area contributed by atoms with Crippen molar-refractivity contribution >= 4 is 28.0 Å². The van der Waals surface area contributed by atoms with Crippen LogP contribution in [0.1, 0.15) is 10.4 Å². The van der Waals surface area contributed by atoms with Crippen LogP contribution in [0.3, 0.4) is 0 Å². The number of primary amides is 1. The quantitative estimate of drug-likeness (QED) is 0.516. The number of H-pyrrole nitrogens is 2. The molecule has 0 unspecified atom stereocenters. The van der Waals surface area contributed by atoms with Crippen molar-refractivity contribution in [2.24, 2.45) is 5.73 Å². The molecule has 0 radical (unpaired) electrons. The maximum absolute atomic E-state index is 11.3. The standard InChI is InChI=1S/C14H10N6O/c15-12(21)7-5-8-11(19-20-13(8)16-6-7)14-17-9-3-1-2-4-10(9)18-14/h1-6H,(H2,15,21)(H,17,18)(H,16,19,20). The van der Waals surface area contributed by atoms with Gasteiger partial charge in [0.05, 0.1) is 22.0 Å². The Kier molecular flexibility index (Phi) is 2.28. The van der Waals surface area contributed by atoms with Crippen LogP contribution in [-0.2, 0) is 0 Å². The van der Waals surface area contributed by atoms with E-state index in [-0.39, 0.29) is 0 Å². The second-order valence-corrected chi connectivity index (χ2v) is 4.66. The van der Waals surface area contributed by atoms with Gasteiger partial charge < -0.3 is 10.7 Å². The summed E-state index contributed by atoms with van der Waals surface area (Å²) in [4.78, 5) is 23.1. The van der Waals surface area contributed by atoms with E-state index in [0.717, 1.165) is 11.0 Å². The summed E-state index contributed by atoms with van der Waals surface area (Å²) in [6.45, 7) is 0. The van der Waals surface area contributed by atoms with Gasteiger partial charge in [0.1, 0.15) is 5.69 Å².